The van der Waals surface area contributed by atoms with E-state index in [9.17, 15) is 17.6 Å². The molecule has 2 rings (SSSR count). The first-order chi connectivity index (χ1) is 12.6. The molecule has 1 amide bonds. The van der Waals surface area contributed by atoms with Gasteiger partial charge in [-0.1, -0.05) is 15.9 Å². The Morgan fingerprint density at radius 3 is 2.52 bits per heavy atom. The number of carbonyl (C=O) groups is 1. The summed E-state index contributed by atoms with van der Waals surface area (Å²) in [6.07, 6.45) is 0. The van der Waals surface area contributed by atoms with E-state index in [1.165, 1.54) is 30.3 Å². The summed E-state index contributed by atoms with van der Waals surface area (Å²) in [6.45, 7) is 5.36. The van der Waals surface area contributed by atoms with Crippen LogP contribution in [0.3, 0.4) is 0 Å². The second kappa shape index (κ2) is 8.81. The lowest BCUT2D eigenvalue weighted by atomic mass is 10.2. The molecular weight excluding hydrogens is 439 g/mol. The minimum Gasteiger partial charge on any atom is -0.492 e. The summed E-state index contributed by atoms with van der Waals surface area (Å²) in [4.78, 5) is 12.3. The van der Waals surface area contributed by atoms with E-state index >= 15 is 0 Å². The quantitative estimate of drug-likeness (QED) is 0.658. The van der Waals surface area contributed by atoms with Gasteiger partial charge in [0.15, 0.2) is 0 Å². The van der Waals surface area contributed by atoms with Gasteiger partial charge in [-0.25, -0.2) is 17.5 Å². The Bertz CT molecular complexity index is 948. The fraction of sp³-hybridized carbons (Fsp3) is 0.278. The van der Waals surface area contributed by atoms with Crippen molar-refractivity contribution in [1.82, 2.24) is 4.72 Å². The molecule has 0 aliphatic rings. The van der Waals surface area contributed by atoms with Crippen molar-refractivity contribution in [3.05, 3.63) is 52.3 Å². The van der Waals surface area contributed by atoms with E-state index in [0.29, 0.717) is 4.47 Å². The van der Waals surface area contributed by atoms with Crippen LogP contribution in [0.4, 0.5) is 10.1 Å². The average Bonchev–Trinajstić information content (AvgIpc) is 2.56. The van der Waals surface area contributed by atoms with Gasteiger partial charge < -0.3 is 10.1 Å². The van der Waals surface area contributed by atoms with E-state index < -0.39 is 21.7 Å². The lowest BCUT2D eigenvalue weighted by Crippen LogP contribution is -2.30. The molecule has 0 heterocycles. The molecular formula is C18H20BrFN2O4S. The van der Waals surface area contributed by atoms with Crippen LogP contribution in [0.15, 0.2) is 45.8 Å². The summed E-state index contributed by atoms with van der Waals surface area (Å²) in [5, 5.41) is 2.43. The van der Waals surface area contributed by atoms with E-state index in [4.69, 9.17) is 4.74 Å². The highest BCUT2D eigenvalue weighted by Crippen LogP contribution is 2.26. The van der Waals surface area contributed by atoms with E-state index in [1.54, 1.807) is 26.8 Å². The molecule has 0 spiro atoms. The van der Waals surface area contributed by atoms with E-state index in [2.05, 4.69) is 26.0 Å². The minimum absolute atomic E-state index is 0.0122. The van der Waals surface area contributed by atoms with Gasteiger partial charge in [-0.05, 0) is 57.2 Å². The number of hydrogen-bond acceptors (Lipinski definition) is 4. The highest BCUT2D eigenvalue weighted by Gasteiger charge is 2.23. The molecule has 0 aliphatic heterocycles. The number of ether oxygens (including phenoxy) is 1. The van der Waals surface area contributed by atoms with Crippen LogP contribution in [0.2, 0.25) is 0 Å². The van der Waals surface area contributed by atoms with Crippen molar-refractivity contribution < 1.29 is 22.3 Å². The van der Waals surface area contributed by atoms with Gasteiger partial charge in [-0.3, -0.25) is 4.79 Å². The molecule has 9 heteroatoms. The fourth-order valence-electron chi connectivity index (χ4n) is 2.29. The number of halogens is 2. The van der Waals surface area contributed by atoms with Crippen molar-refractivity contribution in [3.63, 3.8) is 0 Å². The molecule has 27 heavy (non-hydrogen) atoms. The van der Waals surface area contributed by atoms with Gasteiger partial charge in [0.25, 0.3) is 5.91 Å². The largest absolute Gasteiger partial charge is 0.492 e. The number of carbonyl (C=O) groups excluding carboxylic acids is 1. The van der Waals surface area contributed by atoms with Gasteiger partial charge in [0.2, 0.25) is 10.0 Å². The second-order valence-electron chi connectivity index (χ2n) is 5.95. The van der Waals surface area contributed by atoms with E-state index in [-0.39, 0.29) is 34.5 Å². The normalized spacial score (nSPS) is 11.5. The monoisotopic (exact) mass is 458 g/mol. The predicted octanol–water partition coefficient (Wildman–Crippen LogP) is 3.93. The van der Waals surface area contributed by atoms with Crippen LogP contribution < -0.4 is 14.8 Å². The van der Waals surface area contributed by atoms with Crippen LogP contribution >= 0.6 is 15.9 Å². The lowest BCUT2D eigenvalue weighted by Gasteiger charge is -2.15. The van der Waals surface area contributed by atoms with Crippen LogP contribution in [-0.4, -0.2) is 27.0 Å². The van der Waals surface area contributed by atoms with Crippen molar-refractivity contribution in [2.75, 3.05) is 11.9 Å². The molecule has 0 radical (unpaired) electrons. The summed E-state index contributed by atoms with van der Waals surface area (Å²) < 4.78 is 47.5. The predicted molar refractivity (Wildman–Crippen MR) is 105 cm³/mol. The van der Waals surface area contributed by atoms with E-state index in [0.717, 1.165) is 0 Å². The molecule has 6 nitrogen and oxygen atoms in total. The van der Waals surface area contributed by atoms with Crippen LogP contribution in [0.25, 0.3) is 0 Å². The number of anilines is 1. The molecule has 0 saturated carbocycles. The summed E-state index contributed by atoms with van der Waals surface area (Å²) >= 11 is 3.14. The smallest absolute Gasteiger partial charge is 0.255 e. The molecule has 2 N–H and O–H groups in total. The molecule has 2 aromatic rings. The molecule has 0 aromatic heterocycles. The molecule has 0 fully saturated rings. The first-order valence-electron chi connectivity index (χ1n) is 8.19. The first kappa shape index (κ1) is 21.3. The van der Waals surface area contributed by atoms with Crippen LogP contribution in [-0.2, 0) is 10.0 Å². The molecule has 0 unspecified atom stereocenters. The summed E-state index contributed by atoms with van der Waals surface area (Å²) in [7, 11) is -3.89. The second-order valence-corrected chi connectivity index (χ2v) is 8.55. The number of amides is 1. The van der Waals surface area contributed by atoms with Gasteiger partial charge in [0, 0.05) is 16.1 Å². The van der Waals surface area contributed by atoms with Gasteiger partial charge in [-0.2, -0.15) is 0 Å². The average molecular weight is 459 g/mol. The van der Waals surface area contributed by atoms with Crippen molar-refractivity contribution in [2.45, 2.75) is 31.7 Å². The third-order valence-electron chi connectivity index (χ3n) is 3.37. The SMILES string of the molecule is CCOc1ccc(C(=O)Nc2ccc(Br)cc2F)cc1S(=O)(=O)NC(C)C. The molecule has 2 aromatic carbocycles. The van der Waals surface area contributed by atoms with Gasteiger partial charge >= 0.3 is 0 Å². The van der Waals surface area contributed by atoms with Crippen molar-refractivity contribution in [2.24, 2.45) is 0 Å². The van der Waals surface area contributed by atoms with Crippen molar-refractivity contribution >= 4 is 37.5 Å². The maximum atomic E-state index is 13.9. The zero-order valence-corrected chi connectivity index (χ0v) is 17.4. The number of hydrogen-bond donors (Lipinski definition) is 2. The Morgan fingerprint density at radius 1 is 1.22 bits per heavy atom. The molecule has 0 aliphatic carbocycles. The molecule has 0 bridgehead atoms. The molecule has 0 saturated heterocycles. The Balaban J connectivity index is 2.40. The zero-order chi connectivity index (χ0) is 20.2. The Morgan fingerprint density at radius 2 is 1.93 bits per heavy atom. The summed E-state index contributed by atoms with van der Waals surface area (Å²) in [6, 6.07) is 7.91. The maximum Gasteiger partial charge on any atom is 0.255 e. The number of sulfonamides is 1. The highest BCUT2D eigenvalue weighted by molar-refractivity contribution is 9.10. The van der Waals surface area contributed by atoms with Crippen molar-refractivity contribution in [3.8, 4) is 5.75 Å². The third kappa shape index (κ3) is 5.50. The molecule has 146 valence electrons. The zero-order valence-electron chi connectivity index (χ0n) is 15.0. The Kier molecular flexibility index (Phi) is 6.96. The number of rotatable bonds is 7. The fourth-order valence-corrected chi connectivity index (χ4v) is 4.05. The maximum absolute atomic E-state index is 13.9. The topological polar surface area (TPSA) is 84.5 Å². The lowest BCUT2D eigenvalue weighted by molar-refractivity contribution is 0.102. The van der Waals surface area contributed by atoms with Crippen LogP contribution in [0.1, 0.15) is 31.1 Å². The summed E-state index contributed by atoms with van der Waals surface area (Å²) in [5.74, 6) is -1.12. The van der Waals surface area contributed by atoms with Gasteiger partial charge in [0.05, 0.1) is 12.3 Å². The van der Waals surface area contributed by atoms with Crippen molar-refractivity contribution in [1.29, 1.82) is 0 Å². The first-order valence-corrected chi connectivity index (χ1v) is 10.5. The van der Waals surface area contributed by atoms with E-state index in [1.807, 2.05) is 0 Å². The van der Waals surface area contributed by atoms with Gasteiger partial charge in [-0.15, -0.1) is 0 Å². The number of benzene rings is 2. The Hall–Kier alpha value is -1.97. The molecule has 0 atom stereocenters. The Labute approximate surface area is 166 Å². The third-order valence-corrected chi connectivity index (χ3v) is 5.54. The van der Waals surface area contributed by atoms with Crippen LogP contribution in [0, 0.1) is 5.82 Å². The van der Waals surface area contributed by atoms with Gasteiger partial charge in [0.1, 0.15) is 16.5 Å². The van der Waals surface area contributed by atoms with Crippen LogP contribution in [0.5, 0.6) is 5.75 Å². The highest BCUT2D eigenvalue weighted by atomic mass is 79.9. The number of nitrogens with one attached hydrogen (secondary N) is 2. The minimum atomic E-state index is -3.89. The summed E-state index contributed by atoms with van der Waals surface area (Å²) in [5.41, 5.74) is 0.0479. The standard InChI is InChI=1S/C18H20BrFN2O4S/c1-4-26-16-8-5-12(9-17(16)27(24,25)22-11(2)3)18(23)21-15-7-6-13(19)10-14(15)20/h5-11,22H,4H2,1-3H3,(H,21,23).